The highest BCUT2D eigenvalue weighted by atomic mass is 15.2. The van der Waals surface area contributed by atoms with E-state index in [4.69, 9.17) is 0 Å². The first-order valence-corrected chi connectivity index (χ1v) is 21.0. The lowest BCUT2D eigenvalue weighted by molar-refractivity contribution is 0.590. The van der Waals surface area contributed by atoms with Gasteiger partial charge in [0.05, 0.1) is 11.4 Å². The molecule has 58 heavy (non-hydrogen) atoms. The molecule has 0 spiro atoms. The van der Waals surface area contributed by atoms with E-state index in [1.54, 1.807) is 0 Å². The van der Waals surface area contributed by atoms with Crippen molar-refractivity contribution >= 4 is 66.4 Å². The summed E-state index contributed by atoms with van der Waals surface area (Å²) in [6.07, 6.45) is 0. The highest BCUT2D eigenvalue weighted by molar-refractivity contribution is 6.28. The van der Waals surface area contributed by atoms with Crippen LogP contribution in [0.1, 0.15) is 105 Å². The van der Waals surface area contributed by atoms with Crippen LogP contribution in [-0.4, -0.2) is 0 Å². The van der Waals surface area contributed by atoms with Crippen molar-refractivity contribution in [3.05, 3.63) is 168 Å². The average Bonchev–Trinajstić information content (AvgIpc) is 3.17. The number of benzene rings is 8. The van der Waals surface area contributed by atoms with Crippen molar-refractivity contribution in [1.82, 2.24) is 0 Å². The molecule has 8 aromatic carbocycles. The lowest BCUT2D eigenvalue weighted by Crippen LogP contribution is -2.17. The molecule has 0 aliphatic rings. The molecule has 2 heteroatoms. The van der Waals surface area contributed by atoms with Crippen LogP contribution < -0.4 is 9.80 Å². The Kier molecular flexibility index (Phi) is 9.50. The van der Waals surface area contributed by atoms with E-state index in [1.807, 2.05) is 0 Å². The van der Waals surface area contributed by atoms with Crippen molar-refractivity contribution in [1.29, 1.82) is 0 Å². The minimum absolute atomic E-state index is 0.0451. The largest absolute Gasteiger partial charge is 0.310 e. The van der Waals surface area contributed by atoms with Gasteiger partial charge >= 0.3 is 0 Å². The third-order valence-corrected chi connectivity index (χ3v) is 12.0. The Balaban J connectivity index is 1.47. The zero-order valence-corrected chi connectivity index (χ0v) is 36.8. The van der Waals surface area contributed by atoms with Gasteiger partial charge in [0.2, 0.25) is 0 Å². The molecule has 0 saturated heterocycles. The van der Waals surface area contributed by atoms with Gasteiger partial charge in [0.15, 0.2) is 0 Å². The molecule has 0 amide bonds. The summed E-state index contributed by atoms with van der Waals surface area (Å²) in [5.74, 6) is 0. The van der Waals surface area contributed by atoms with Crippen LogP contribution in [0.25, 0.3) is 32.3 Å². The van der Waals surface area contributed by atoms with Gasteiger partial charge in [-0.1, -0.05) is 174 Å². The summed E-state index contributed by atoms with van der Waals surface area (Å²) in [7, 11) is 0. The third kappa shape index (κ3) is 7.23. The molecular formula is C56H60N2. The van der Waals surface area contributed by atoms with E-state index < -0.39 is 0 Å². The molecule has 0 heterocycles. The van der Waals surface area contributed by atoms with E-state index in [2.05, 4.69) is 238 Å². The van der Waals surface area contributed by atoms with E-state index >= 15 is 0 Å². The molecule has 0 aliphatic heterocycles. The molecular weight excluding hydrogens is 701 g/mol. The van der Waals surface area contributed by atoms with Crippen LogP contribution >= 0.6 is 0 Å². The SMILES string of the molecule is CC(C)(C)c1ccc(N(c2ccc(C(C)(C)C)cc2)c2cc(N(c3ccc(C(C)(C)C)cc3)c3ccc(C(C)(C)C)cc3)c3ccc4cccc5ccc2c3c54)cc1. The highest BCUT2D eigenvalue weighted by Crippen LogP contribution is 2.50. The highest BCUT2D eigenvalue weighted by Gasteiger charge is 2.26. The maximum absolute atomic E-state index is 2.48. The van der Waals surface area contributed by atoms with Gasteiger partial charge in [0.1, 0.15) is 0 Å². The molecule has 8 aromatic rings. The fourth-order valence-corrected chi connectivity index (χ4v) is 8.46. The molecule has 0 N–H and O–H groups in total. The summed E-state index contributed by atoms with van der Waals surface area (Å²) in [6, 6.07) is 55.4. The van der Waals surface area contributed by atoms with E-state index in [0.717, 1.165) is 34.1 Å². The molecule has 0 aliphatic carbocycles. The summed E-state index contributed by atoms with van der Waals surface area (Å²) in [5.41, 5.74) is 12.3. The predicted molar refractivity (Wildman–Crippen MR) is 254 cm³/mol. The number of hydrogen-bond acceptors (Lipinski definition) is 2. The number of hydrogen-bond donors (Lipinski definition) is 0. The first-order chi connectivity index (χ1) is 27.3. The van der Waals surface area contributed by atoms with Crippen molar-refractivity contribution < 1.29 is 0 Å². The summed E-state index contributed by atoms with van der Waals surface area (Å²) < 4.78 is 0. The maximum atomic E-state index is 2.48. The van der Waals surface area contributed by atoms with Crippen LogP contribution in [0.3, 0.4) is 0 Å². The topological polar surface area (TPSA) is 6.48 Å². The zero-order chi connectivity index (χ0) is 41.4. The number of rotatable bonds is 6. The van der Waals surface area contributed by atoms with Gasteiger partial charge in [-0.05, 0) is 115 Å². The molecule has 0 aromatic heterocycles. The van der Waals surface area contributed by atoms with Crippen molar-refractivity contribution in [3.8, 4) is 0 Å². The standard InChI is InChI=1S/C56H60N2/c1-53(2,3)39-18-26-43(27-19-39)57(44-28-20-40(21-29-44)54(4,5)6)49-36-50(48-35-17-38-15-13-14-37-16-34-47(49)52(48)51(37)38)58(45-30-22-41(23-31-45)55(7,8)9)46-32-24-42(25-33-46)56(10,11)12/h13-36H,1-12H3. The summed E-state index contributed by atoms with van der Waals surface area (Å²) >= 11 is 0. The second kappa shape index (κ2) is 14.0. The maximum Gasteiger partial charge on any atom is 0.0561 e. The summed E-state index contributed by atoms with van der Waals surface area (Å²) in [4.78, 5) is 4.97. The van der Waals surface area contributed by atoms with Crippen LogP contribution in [0.5, 0.6) is 0 Å². The first kappa shape index (κ1) is 39.2. The lowest BCUT2D eigenvalue weighted by Gasteiger charge is -2.33. The molecule has 0 atom stereocenters. The lowest BCUT2D eigenvalue weighted by atomic mass is 9.86. The molecule has 0 radical (unpaired) electrons. The van der Waals surface area contributed by atoms with Crippen LogP contribution in [0.4, 0.5) is 34.1 Å². The Labute approximate surface area is 347 Å². The second-order valence-electron chi connectivity index (χ2n) is 20.5. The van der Waals surface area contributed by atoms with E-state index in [0.29, 0.717) is 0 Å². The molecule has 0 bridgehead atoms. The monoisotopic (exact) mass is 760 g/mol. The average molecular weight is 761 g/mol. The Morgan fingerprint density at radius 2 is 0.569 bits per heavy atom. The van der Waals surface area contributed by atoms with Crippen molar-refractivity contribution in [2.24, 2.45) is 0 Å². The van der Waals surface area contributed by atoms with Gasteiger partial charge in [0.25, 0.3) is 0 Å². The van der Waals surface area contributed by atoms with Gasteiger partial charge in [-0.15, -0.1) is 0 Å². The second-order valence-corrected chi connectivity index (χ2v) is 20.5. The van der Waals surface area contributed by atoms with Crippen LogP contribution in [0.2, 0.25) is 0 Å². The summed E-state index contributed by atoms with van der Waals surface area (Å²) in [5, 5.41) is 7.56. The molecule has 2 nitrogen and oxygen atoms in total. The molecule has 0 saturated carbocycles. The van der Waals surface area contributed by atoms with E-state index in [1.165, 1.54) is 54.6 Å². The normalized spacial score (nSPS) is 12.8. The van der Waals surface area contributed by atoms with Gasteiger partial charge in [-0.2, -0.15) is 0 Å². The van der Waals surface area contributed by atoms with E-state index in [-0.39, 0.29) is 21.7 Å². The van der Waals surface area contributed by atoms with Crippen molar-refractivity contribution in [2.45, 2.75) is 105 Å². The fraction of sp³-hybridized carbons (Fsp3) is 0.286. The third-order valence-electron chi connectivity index (χ3n) is 12.0. The zero-order valence-electron chi connectivity index (χ0n) is 36.8. The smallest absolute Gasteiger partial charge is 0.0561 e. The quantitative estimate of drug-likeness (QED) is 0.156. The molecule has 0 unspecified atom stereocenters. The Hall–Kier alpha value is -5.60. The minimum Gasteiger partial charge on any atom is -0.310 e. The summed E-state index contributed by atoms with van der Waals surface area (Å²) in [6.45, 7) is 27.4. The molecule has 294 valence electrons. The van der Waals surface area contributed by atoms with Gasteiger partial charge in [0, 0.05) is 38.9 Å². The molecule has 0 fully saturated rings. The first-order valence-electron chi connectivity index (χ1n) is 21.0. The van der Waals surface area contributed by atoms with Gasteiger partial charge in [-0.3, -0.25) is 0 Å². The number of anilines is 6. The Morgan fingerprint density at radius 1 is 0.293 bits per heavy atom. The van der Waals surface area contributed by atoms with Gasteiger partial charge in [-0.25, -0.2) is 0 Å². The van der Waals surface area contributed by atoms with Gasteiger partial charge < -0.3 is 9.80 Å². The van der Waals surface area contributed by atoms with E-state index in [9.17, 15) is 0 Å². The van der Waals surface area contributed by atoms with Crippen LogP contribution in [0, 0.1) is 0 Å². The van der Waals surface area contributed by atoms with Crippen LogP contribution in [0.15, 0.2) is 146 Å². The van der Waals surface area contributed by atoms with Crippen LogP contribution in [-0.2, 0) is 21.7 Å². The van der Waals surface area contributed by atoms with Crippen molar-refractivity contribution in [2.75, 3.05) is 9.80 Å². The Bertz CT molecular complexity index is 2410. The minimum atomic E-state index is 0.0451. The fourth-order valence-electron chi connectivity index (χ4n) is 8.46. The number of nitrogens with zero attached hydrogens (tertiary/aromatic N) is 2. The molecule has 8 rings (SSSR count). The Morgan fingerprint density at radius 3 is 0.828 bits per heavy atom. The predicted octanol–water partition coefficient (Wildman–Crippen LogP) is 16.7. The van der Waals surface area contributed by atoms with Crippen molar-refractivity contribution in [3.63, 3.8) is 0 Å².